The van der Waals surface area contributed by atoms with Crippen molar-refractivity contribution < 1.29 is 4.74 Å². The quantitative estimate of drug-likeness (QED) is 0.363. The molecule has 3 heterocycles. The summed E-state index contributed by atoms with van der Waals surface area (Å²) in [5.41, 5.74) is 2.36. The monoisotopic (exact) mass is 494 g/mol. The number of ether oxygens (including phenoxy) is 1. The highest BCUT2D eigenvalue weighted by Gasteiger charge is 2.31. The highest BCUT2D eigenvalue weighted by molar-refractivity contribution is 7.09. The zero-order valence-corrected chi connectivity index (χ0v) is 20.6. The largest absolute Gasteiger partial charge is 0.496 e. The zero-order chi connectivity index (χ0) is 23.3. The average molecular weight is 495 g/mol. The number of benzene rings is 2. The van der Waals surface area contributed by atoms with Crippen LogP contribution in [0.15, 0.2) is 66.0 Å². The number of nitrogens with zero attached hydrogens (tertiary/aromatic N) is 6. The number of aromatic nitrogens is 4. The van der Waals surface area contributed by atoms with Crippen LogP contribution in [-0.4, -0.2) is 63.3 Å². The van der Waals surface area contributed by atoms with Gasteiger partial charge in [-0.15, -0.1) is 16.4 Å². The van der Waals surface area contributed by atoms with Gasteiger partial charge in [-0.05, 0) is 45.6 Å². The van der Waals surface area contributed by atoms with E-state index in [0.717, 1.165) is 54.9 Å². The van der Waals surface area contributed by atoms with Crippen LogP contribution in [0.5, 0.6) is 5.75 Å². The lowest BCUT2D eigenvalue weighted by Crippen LogP contribution is -2.48. The highest BCUT2D eigenvalue weighted by atomic mass is 35.5. The molecule has 1 unspecified atom stereocenters. The van der Waals surface area contributed by atoms with Gasteiger partial charge in [-0.2, -0.15) is 0 Å². The fourth-order valence-electron chi connectivity index (χ4n) is 4.49. The van der Waals surface area contributed by atoms with Crippen molar-refractivity contribution in [3.8, 4) is 5.75 Å². The molecule has 4 aromatic rings. The molecule has 0 saturated carbocycles. The van der Waals surface area contributed by atoms with Crippen molar-refractivity contribution in [2.45, 2.75) is 19.1 Å². The van der Waals surface area contributed by atoms with Gasteiger partial charge in [-0.1, -0.05) is 48.0 Å². The molecule has 7 nitrogen and oxygen atoms in total. The molecule has 9 heteroatoms. The standard InChI is InChI=1S/C25H27ClN6OS/c1-33-23-7-3-2-5-20(23)17-30-12-14-31(15-13-30)24(19-8-10-21(26)11-9-19)25-27-28-29-32(25)18-22-6-4-16-34-22/h2-11,16,24H,12-15,17-18H2,1H3. The summed E-state index contributed by atoms with van der Waals surface area (Å²) in [5, 5.41) is 15.7. The number of hydrogen-bond acceptors (Lipinski definition) is 7. The minimum absolute atomic E-state index is 0.0411. The van der Waals surface area contributed by atoms with Gasteiger partial charge < -0.3 is 4.74 Å². The minimum Gasteiger partial charge on any atom is -0.496 e. The second-order valence-corrected chi connectivity index (χ2v) is 9.82. The summed E-state index contributed by atoms with van der Waals surface area (Å²) >= 11 is 7.91. The molecule has 0 amide bonds. The number of thiophene rings is 1. The Morgan fingerprint density at radius 1 is 0.971 bits per heavy atom. The number of piperazine rings is 1. The van der Waals surface area contributed by atoms with Crippen LogP contribution in [0.2, 0.25) is 5.02 Å². The van der Waals surface area contributed by atoms with Crippen molar-refractivity contribution in [2.24, 2.45) is 0 Å². The minimum atomic E-state index is -0.0411. The van der Waals surface area contributed by atoms with Gasteiger partial charge in [0.05, 0.1) is 19.7 Å². The maximum atomic E-state index is 6.20. The molecule has 0 bridgehead atoms. The van der Waals surface area contributed by atoms with E-state index in [0.29, 0.717) is 6.54 Å². The van der Waals surface area contributed by atoms with E-state index in [1.807, 2.05) is 28.9 Å². The third kappa shape index (κ3) is 5.15. The van der Waals surface area contributed by atoms with Crippen molar-refractivity contribution in [1.29, 1.82) is 0 Å². The number of hydrogen-bond donors (Lipinski definition) is 0. The molecule has 0 radical (unpaired) electrons. The maximum absolute atomic E-state index is 6.20. The molecule has 0 N–H and O–H groups in total. The fraction of sp³-hybridized carbons (Fsp3) is 0.320. The van der Waals surface area contributed by atoms with Gasteiger partial charge in [-0.25, -0.2) is 4.68 Å². The lowest BCUT2D eigenvalue weighted by molar-refractivity contribution is 0.0997. The summed E-state index contributed by atoms with van der Waals surface area (Å²) in [6.07, 6.45) is 0. The van der Waals surface area contributed by atoms with Crippen LogP contribution in [-0.2, 0) is 13.1 Å². The van der Waals surface area contributed by atoms with Gasteiger partial charge in [0.25, 0.3) is 0 Å². The second kappa shape index (κ2) is 10.7. The summed E-state index contributed by atoms with van der Waals surface area (Å²) < 4.78 is 7.47. The molecular formula is C25H27ClN6OS. The second-order valence-electron chi connectivity index (χ2n) is 8.35. The first-order valence-corrected chi connectivity index (χ1v) is 12.6. The molecule has 1 atom stereocenters. The van der Waals surface area contributed by atoms with E-state index in [1.54, 1.807) is 18.4 Å². The highest BCUT2D eigenvalue weighted by Crippen LogP contribution is 2.30. The average Bonchev–Trinajstić information content (AvgIpc) is 3.55. The Kier molecular flexibility index (Phi) is 7.20. The molecule has 1 aliphatic heterocycles. The molecule has 0 aliphatic carbocycles. The van der Waals surface area contributed by atoms with E-state index < -0.39 is 0 Å². The molecular weight excluding hydrogens is 468 g/mol. The number of methoxy groups -OCH3 is 1. The first-order chi connectivity index (χ1) is 16.7. The van der Waals surface area contributed by atoms with Gasteiger partial charge in [-0.3, -0.25) is 9.80 Å². The third-order valence-electron chi connectivity index (χ3n) is 6.23. The van der Waals surface area contributed by atoms with Crippen LogP contribution < -0.4 is 4.74 Å². The van der Waals surface area contributed by atoms with Crippen LogP contribution in [0.4, 0.5) is 0 Å². The zero-order valence-electron chi connectivity index (χ0n) is 19.0. The summed E-state index contributed by atoms with van der Waals surface area (Å²) in [6.45, 7) is 5.27. The lowest BCUT2D eigenvalue weighted by Gasteiger charge is -2.39. The van der Waals surface area contributed by atoms with Crippen LogP contribution in [0, 0.1) is 0 Å². The summed E-state index contributed by atoms with van der Waals surface area (Å²) in [7, 11) is 1.73. The molecule has 1 fully saturated rings. The first-order valence-electron chi connectivity index (χ1n) is 11.3. The third-order valence-corrected chi connectivity index (χ3v) is 7.35. The van der Waals surface area contributed by atoms with E-state index in [9.17, 15) is 0 Å². The fourth-order valence-corrected chi connectivity index (χ4v) is 5.30. The molecule has 1 saturated heterocycles. The Bertz CT molecular complexity index is 1190. The number of halogens is 1. The Hall–Kier alpha value is -2.78. The normalized spacial score (nSPS) is 15.9. The molecule has 34 heavy (non-hydrogen) atoms. The molecule has 1 aliphatic rings. The van der Waals surface area contributed by atoms with E-state index >= 15 is 0 Å². The van der Waals surface area contributed by atoms with E-state index in [4.69, 9.17) is 16.3 Å². The van der Waals surface area contributed by atoms with Crippen molar-refractivity contribution in [2.75, 3.05) is 33.3 Å². The summed E-state index contributed by atoms with van der Waals surface area (Å²) in [6, 6.07) is 20.4. The summed E-state index contributed by atoms with van der Waals surface area (Å²) in [5.74, 6) is 1.80. The van der Waals surface area contributed by atoms with E-state index in [-0.39, 0.29) is 6.04 Å². The van der Waals surface area contributed by atoms with Crippen LogP contribution in [0.3, 0.4) is 0 Å². The SMILES string of the molecule is COc1ccccc1CN1CCN(C(c2ccc(Cl)cc2)c2nnnn2Cc2cccs2)CC1. The molecule has 0 spiro atoms. The van der Waals surface area contributed by atoms with Crippen molar-refractivity contribution >= 4 is 22.9 Å². The predicted molar refractivity (Wildman–Crippen MR) is 134 cm³/mol. The molecule has 2 aromatic carbocycles. The number of para-hydroxylation sites is 1. The molecule has 5 rings (SSSR count). The van der Waals surface area contributed by atoms with Crippen molar-refractivity contribution in [3.63, 3.8) is 0 Å². The van der Waals surface area contributed by atoms with Crippen LogP contribution >= 0.6 is 22.9 Å². The summed E-state index contributed by atoms with van der Waals surface area (Å²) in [4.78, 5) is 6.17. The van der Waals surface area contributed by atoms with Gasteiger partial charge in [0.1, 0.15) is 5.75 Å². The van der Waals surface area contributed by atoms with Crippen LogP contribution in [0.25, 0.3) is 0 Å². The number of rotatable bonds is 8. The maximum Gasteiger partial charge on any atom is 0.173 e. The van der Waals surface area contributed by atoms with Gasteiger partial charge in [0.15, 0.2) is 5.82 Å². The van der Waals surface area contributed by atoms with Gasteiger partial charge in [0.2, 0.25) is 0 Å². The van der Waals surface area contributed by atoms with Crippen molar-refractivity contribution in [3.05, 3.63) is 92.9 Å². The van der Waals surface area contributed by atoms with Gasteiger partial charge in [0, 0.05) is 48.2 Å². The Morgan fingerprint density at radius 3 is 2.50 bits per heavy atom. The van der Waals surface area contributed by atoms with E-state index in [2.05, 4.69) is 67.1 Å². The Balaban J connectivity index is 1.36. The molecule has 176 valence electrons. The molecule has 2 aromatic heterocycles. The lowest BCUT2D eigenvalue weighted by atomic mass is 10.0. The van der Waals surface area contributed by atoms with Crippen molar-refractivity contribution in [1.82, 2.24) is 30.0 Å². The smallest absolute Gasteiger partial charge is 0.173 e. The van der Waals surface area contributed by atoms with Gasteiger partial charge >= 0.3 is 0 Å². The topological polar surface area (TPSA) is 59.3 Å². The van der Waals surface area contributed by atoms with E-state index in [1.165, 1.54) is 10.4 Å². The first kappa shape index (κ1) is 23.0. The Morgan fingerprint density at radius 2 is 1.76 bits per heavy atom. The number of tetrazole rings is 1. The predicted octanol–water partition coefficient (Wildman–Crippen LogP) is 4.35. The Labute approximate surface area is 208 Å². The van der Waals surface area contributed by atoms with Crippen LogP contribution in [0.1, 0.15) is 27.9 Å².